The molecule has 0 bridgehead atoms. The zero-order chi connectivity index (χ0) is 13.2. The Kier molecular flexibility index (Phi) is 3.53. The number of anilines is 1. The first-order valence-electron chi connectivity index (χ1n) is 6.72. The predicted octanol–water partition coefficient (Wildman–Crippen LogP) is 2.99. The summed E-state index contributed by atoms with van der Waals surface area (Å²) in [5.74, 6) is 0. The van der Waals surface area contributed by atoms with Gasteiger partial charge in [0.2, 0.25) is 0 Å². The lowest BCUT2D eigenvalue weighted by Crippen LogP contribution is -2.30. The number of hydrogen-bond donors (Lipinski definition) is 1. The van der Waals surface area contributed by atoms with Gasteiger partial charge in [-0.15, -0.1) is 11.3 Å². The van der Waals surface area contributed by atoms with E-state index in [2.05, 4.69) is 46.4 Å². The highest BCUT2D eigenvalue weighted by Crippen LogP contribution is 2.30. The molecule has 0 saturated heterocycles. The molecule has 2 heterocycles. The minimum absolute atomic E-state index is 0.378. The molecule has 100 valence electrons. The van der Waals surface area contributed by atoms with Crippen molar-refractivity contribution >= 4 is 16.5 Å². The second kappa shape index (κ2) is 5.31. The van der Waals surface area contributed by atoms with Crippen LogP contribution in [-0.2, 0) is 13.0 Å². The van der Waals surface area contributed by atoms with E-state index >= 15 is 0 Å². The average Bonchev–Trinajstić information content (AvgIpc) is 2.95. The van der Waals surface area contributed by atoms with Crippen molar-refractivity contribution in [3.63, 3.8) is 0 Å². The molecule has 1 aliphatic rings. The van der Waals surface area contributed by atoms with Gasteiger partial charge in [0.15, 0.2) is 5.13 Å². The fraction of sp³-hybridized carbons (Fsp3) is 0.400. The molecule has 1 N–H and O–H groups in total. The van der Waals surface area contributed by atoms with Crippen LogP contribution >= 0.6 is 11.3 Å². The standard InChI is InChI=1S/C15H19N3S/c1-11(16-2)14-9-17-15(19-14)18-8-7-12-5-3-4-6-13(12)10-18/h3-6,9,11,16H,7-8,10H2,1-2H3. The topological polar surface area (TPSA) is 28.2 Å². The SMILES string of the molecule is CNC(C)c1cnc(N2CCc3ccccc3C2)s1. The van der Waals surface area contributed by atoms with Crippen LogP contribution in [0.4, 0.5) is 5.13 Å². The fourth-order valence-electron chi connectivity index (χ4n) is 2.42. The summed E-state index contributed by atoms with van der Waals surface area (Å²) < 4.78 is 0. The number of nitrogens with one attached hydrogen (secondary N) is 1. The molecule has 0 saturated carbocycles. The third-order valence-electron chi connectivity index (χ3n) is 3.77. The van der Waals surface area contributed by atoms with E-state index in [1.165, 1.54) is 16.0 Å². The van der Waals surface area contributed by atoms with Crippen molar-refractivity contribution in [2.24, 2.45) is 0 Å². The van der Waals surface area contributed by atoms with E-state index in [9.17, 15) is 0 Å². The van der Waals surface area contributed by atoms with Crippen LogP contribution in [0.1, 0.15) is 29.0 Å². The molecule has 1 unspecified atom stereocenters. The monoisotopic (exact) mass is 273 g/mol. The average molecular weight is 273 g/mol. The number of nitrogens with zero attached hydrogens (tertiary/aromatic N) is 2. The predicted molar refractivity (Wildman–Crippen MR) is 80.8 cm³/mol. The van der Waals surface area contributed by atoms with Crippen molar-refractivity contribution in [2.75, 3.05) is 18.5 Å². The van der Waals surface area contributed by atoms with Gasteiger partial charge >= 0.3 is 0 Å². The summed E-state index contributed by atoms with van der Waals surface area (Å²) in [5.41, 5.74) is 2.92. The van der Waals surface area contributed by atoms with Gasteiger partial charge < -0.3 is 10.2 Å². The van der Waals surface area contributed by atoms with Crippen molar-refractivity contribution in [2.45, 2.75) is 25.9 Å². The molecule has 2 aromatic rings. The van der Waals surface area contributed by atoms with E-state index in [0.29, 0.717) is 6.04 Å². The number of thiazole rings is 1. The molecule has 1 aromatic heterocycles. The lowest BCUT2D eigenvalue weighted by Gasteiger charge is -2.28. The Morgan fingerprint density at radius 3 is 2.89 bits per heavy atom. The summed E-state index contributed by atoms with van der Waals surface area (Å²) in [7, 11) is 1.99. The van der Waals surface area contributed by atoms with Gasteiger partial charge in [0.25, 0.3) is 0 Å². The normalized spacial score (nSPS) is 16.2. The van der Waals surface area contributed by atoms with Crippen LogP contribution in [0.3, 0.4) is 0 Å². The van der Waals surface area contributed by atoms with Gasteiger partial charge in [0.1, 0.15) is 0 Å². The van der Waals surface area contributed by atoms with Crippen LogP contribution in [0.2, 0.25) is 0 Å². The van der Waals surface area contributed by atoms with Crippen LogP contribution in [0, 0.1) is 0 Å². The van der Waals surface area contributed by atoms with E-state index in [4.69, 9.17) is 0 Å². The molecular formula is C15H19N3S. The van der Waals surface area contributed by atoms with Crippen LogP contribution in [-0.4, -0.2) is 18.6 Å². The van der Waals surface area contributed by atoms with Crippen LogP contribution in [0.15, 0.2) is 30.5 Å². The maximum atomic E-state index is 4.59. The lowest BCUT2D eigenvalue weighted by atomic mass is 10.0. The minimum Gasteiger partial charge on any atom is -0.343 e. The second-order valence-electron chi connectivity index (χ2n) is 5.00. The highest BCUT2D eigenvalue weighted by Gasteiger charge is 2.19. The smallest absolute Gasteiger partial charge is 0.185 e. The number of fused-ring (bicyclic) bond motifs is 1. The van der Waals surface area contributed by atoms with E-state index in [0.717, 1.165) is 24.6 Å². The Balaban J connectivity index is 1.79. The summed E-state index contributed by atoms with van der Waals surface area (Å²) >= 11 is 1.80. The molecule has 1 atom stereocenters. The van der Waals surface area contributed by atoms with E-state index in [1.807, 2.05) is 13.2 Å². The molecule has 19 heavy (non-hydrogen) atoms. The largest absolute Gasteiger partial charge is 0.343 e. The van der Waals surface area contributed by atoms with E-state index in [-0.39, 0.29) is 0 Å². The van der Waals surface area contributed by atoms with Crippen molar-refractivity contribution in [1.29, 1.82) is 0 Å². The Morgan fingerprint density at radius 1 is 1.32 bits per heavy atom. The zero-order valence-electron chi connectivity index (χ0n) is 11.4. The molecule has 0 radical (unpaired) electrons. The summed E-state index contributed by atoms with van der Waals surface area (Å²) in [5, 5.41) is 4.41. The first-order chi connectivity index (χ1) is 9.28. The molecule has 4 heteroatoms. The number of benzene rings is 1. The summed E-state index contributed by atoms with van der Waals surface area (Å²) in [6.45, 7) is 4.22. The van der Waals surface area contributed by atoms with Gasteiger partial charge in [-0.25, -0.2) is 4.98 Å². The minimum atomic E-state index is 0.378. The number of hydrogen-bond acceptors (Lipinski definition) is 4. The molecule has 3 rings (SSSR count). The Hall–Kier alpha value is -1.39. The molecular weight excluding hydrogens is 254 g/mol. The van der Waals surface area contributed by atoms with Gasteiger partial charge in [-0.2, -0.15) is 0 Å². The van der Waals surface area contributed by atoms with Crippen LogP contribution in [0.25, 0.3) is 0 Å². The fourth-order valence-corrected chi connectivity index (χ4v) is 3.43. The van der Waals surface area contributed by atoms with Crippen molar-refractivity contribution in [3.8, 4) is 0 Å². The van der Waals surface area contributed by atoms with E-state index in [1.54, 1.807) is 11.3 Å². The number of rotatable bonds is 3. The number of aromatic nitrogens is 1. The molecule has 3 nitrogen and oxygen atoms in total. The Bertz CT molecular complexity index is 564. The first-order valence-corrected chi connectivity index (χ1v) is 7.54. The maximum Gasteiger partial charge on any atom is 0.185 e. The second-order valence-corrected chi connectivity index (χ2v) is 6.04. The first kappa shape index (κ1) is 12.6. The van der Waals surface area contributed by atoms with Gasteiger partial charge in [-0.05, 0) is 31.5 Å². The maximum absolute atomic E-state index is 4.59. The van der Waals surface area contributed by atoms with Crippen LogP contribution in [0.5, 0.6) is 0 Å². The third-order valence-corrected chi connectivity index (χ3v) is 5.01. The summed E-state index contributed by atoms with van der Waals surface area (Å²) in [4.78, 5) is 8.28. The molecule has 0 amide bonds. The Morgan fingerprint density at radius 2 is 2.11 bits per heavy atom. The van der Waals surface area contributed by atoms with Crippen molar-refractivity contribution < 1.29 is 0 Å². The molecule has 1 aromatic carbocycles. The van der Waals surface area contributed by atoms with Crippen LogP contribution < -0.4 is 10.2 Å². The van der Waals surface area contributed by atoms with Crippen molar-refractivity contribution in [1.82, 2.24) is 10.3 Å². The van der Waals surface area contributed by atoms with Gasteiger partial charge in [0, 0.05) is 30.2 Å². The molecule has 1 aliphatic heterocycles. The lowest BCUT2D eigenvalue weighted by molar-refractivity contribution is 0.662. The van der Waals surface area contributed by atoms with Gasteiger partial charge in [0.05, 0.1) is 0 Å². The molecule has 0 spiro atoms. The highest BCUT2D eigenvalue weighted by molar-refractivity contribution is 7.15. The van der Waals surface area contributed by atoms with Gasteiger partial charge in [-0.3, -0.25) is 0 Å². The quantitative estimate of drug-likeness (QED) is 0.932. The highest BCUT2D eigenvalue weighted by atomic mass is 32.1. The molecule has 0 fully saturated rings. The Labute approximate surface area is 118 Å². The summed E-state index contributed by atoms with van der Waals surface area (Å²) in [6.07, 6.45) is 3.12. The summed E-state index contributed by atoms with van der Waals surface area (Å²) in [6, 6.07) is 9.10. The molecule has 0 aliphatic carbocycles. The van der Waals surface area contributed by atoms with Gasteiger partial charge in [-0.1, -0.05) is 24.3 Å². The third kappa shape index (κ3) is 2.51. The van der Waals surface area contributed by atoms with Crippen molar-refractivity contribution in [3.05, 3.63) is 46.5 Å². The zero-order valence-corrected chi connectivity index (χ0v) is 12.2. The van der Waals surface area contributed by atoms with E-state index < -0.39 is 0 Å².